The van der Waals surface area contributed by atoms with Crippen LogP contribution in [0.15, 0.2) is 0 Å². The van der Waals surface area contributed by atoms with E-state index >= 15 is 0 Å². The van der Waals surface area contributed by atoms with Crippen LogP contribution in [0.2, 0.25) is 0 Å². The zero-order valence-corrected chi connectivity index (χ0v) is 14.6. The second kappa shape index (κ2) is 8.61. The van der Waals surface area contributed by atoms with E-state index in [0.717, 1.165) is 0 Å². The maximum absolute atomic E-state index is 10.8. The van der Waals surface area contributed by atoms with Crippen molar-refractivity contribution in [3.05, 3.63) is 0 Å². The molecule has 0 unspecified atom stereocenters. The number of aliphatic hydroxyl groups is 7. The van der Waals surface area contributed by atoms with Crippen LogP contribution in [0.4, 0.5) is 0 Å². The zero-order valence-electron chi connectivity index (χ0n) is 13.8. The normalized spacial score (nSPS) is 46.0. The third kappa shape index (κ3) is 4.83. The Labute approximate surface area is 152 Å². The number of phosphoric acid groups is 1. The van der Waals surface area contributed by atoms with Crippen LogP contribution in [0.1, 0.15) is 0 Å². The fourth-order valence-corrected chi connectivity index (χ4v) is 3.13. The van der Waals surface area contributed by atoms with Gasteiger partial charge in [0.1, 0.15) is 49.3 Å². The van der Waals surface area contributed by atoms with Crippen LogP contribution in [-0.4, -0.2) is 120 Å². The lowest BCUT2D eigenvalue weighted by molar-refractivity contribution is -0.383. The van der Waals surface area contributed by atoms with Crippen molar-refractivity contribution in [3.8, 4) is 0 Å². The van der Waals surface area contributed by atoms with Gasteiger partial charge in [-0.15, -0.1) is 0 Å². The van der Waals surface area contributed by atoms with Crippen molar-refractivity contribution in [3.63, 3.8) is 0 Å². The molecule has 0 aromatic rings. The van der Waals surface area contributed by atoms with Crippen molar-refractivity contribution in [2.45, 2.75) is 54.8 Å². The molecule has 2 fully saturated rings. The Kier molecular flexibility index (Phi) is 7.33. The first-order valence-electron chi connectivity index (χ1n) is 7.79. The first kappa shape index (κ1) is 23.0. The molecule has 15 heteroatoms. The van der Waals surface area contributed by atoms with Gasteiger partial charge in [0.25, 0.3) is 0 Å². The Bertz CT molecular complexity index is 540. The summed E-state index contributed by atoms with van der Waals surface area (Å²) in [7, 11) is -4.92. The molecule has 0 spiro atoms. The summed E-state index contributed by atoms with van der Waals surface area (Å²) in [6.07, 6.45) is -13.9. The van der Waals surface area contributed by atoms with E-state index in [2.05, 4.69) is 4.52 Å². The second-order valence-electron chi connectivity index (χ2n) is 6.16. The van der Waals surface area contributed by atoms with E-state index < -0.39 is 82.4 Å². The summed E-state index contributed by atoms with van der Waals surface area (Å²) in [6.45, 7) is -2.74. The van der Waals surface area contributed by atoms with Crippen molar-refractivity contribution in [2.75, 3.05) is 19.8 Å². The summed E-state index contributed by atoms with van der Waals surface area (Å²) in [6, 6.07) is 0. The highest BCUT2D eigenvalue weighted by atomic mass is 31.2. The molecule has 2 heterocycles. The van der Waals surface area contributed by atoms with Gasteiger partial charge in [0.2, 0.25) is 5.79 Å². The fraction of sp³-hybridized carbons (Fsp3) is 1.00. The minimum atomic E-state index is -4.92. The highest BCUT2D eigenvalue weighted by Gasteiger charge is 2.58. The van der Waals surface area contributed by atoms with Crippen molar-refractivity contribution in [2.24, 2.45) is 0 Å². The summed E-state index contributed by atoms with van der Waals surface area (Å²) in [5, 5.41) is 68.3. The summed E-state index contributed by atoms with van der Waals surface area (Å²) in [4.78, 5) is 17.4. The van der Waals surface area contributed by atoms with Gasteiger partial charge in [0.05, 0.1) is 13.2 Å². The average molecular weight is 422 g/mol. The first-order chi connectivity index (χ1) is 12.5. The van der Waals surface area contributed by atoms with Crippen molar-refractivity contribution in [1.82, 2.24) is 0 Å². The zero-order chi connectivity index (χ0) is 20.6. The molecule has 27 heavy (non-hydrogen) atoms. The molecule has 0 aromatic heterocycles. The van der Waals surface area contributed by atoms with Gasteiger partial charge < -0.3 is 59.7 Å². The van der Waals surface area contributed by atoms with Crippen LogP contribution in [0, 0.1) is 0 Å². The van der Waals surface area contributed by atoms with E-state index in [-0.39, 0.29) is 0 Å². The van der Waals surface area contributed by atoms with E-state index in [0.29, 0.717) is 0 Å². The standard InChI is InChI=1S/C12H23O14P/c13-1-4-6(15)8(17)9(18)11(24-4)26-12(3-14)10(19)7(16)5(25-12)2-23-27(20,21)22/h4-11,13-19H,1-3H2,(H2,20,21,22)/t4-,5-,6-,7-,8+,9-,10+,11-,12+/m1/s1. The number of hydrogen-bond acceptors (Lipinski definition) is 12. The lowest BCUT2D eigenvalue weighted by atomic mass is 9.99. The molecular formula is C12H23O14P. The topological polar surface area (TPSA) is 236 Å². The van der Waals surface area contributed by atoms with Gasteiger partial charge in [-0.1, -0.05) is 0 Å². The number of ether oxygens (including phenoxy) is 3. The van der Waals surface area contributed by atoms with Crippen LogP contribution >= 0.6 is 7.82 Å². The Morgan fingerprint density at radius 3 is 2.07 bits per heavy atom. The number of rotatable bonds is 7. The Balaban J connectivity index is 2.15. The molecule has 2 aliphatic rings. The number of hydrogen-bond donors (Lipinski definition) is 9. The van der Waals surface area contributed by atoms with Crippen LogP contribution in [0.5, 0.6) is 0 Å². The molecule has 0 aromatic carbocycles. The predicted octanol–water partition coefficient (Wildman–Crippen LogP) is -5.28. The molecule has 160 valence electrons. The second-order valence-corrected chi connectivity index (χ2v) is 7.40. The summed E-state index contributed by atoms with van der Waals surface area (Å²) in [5.74, 6) is -2.42. The molecule has 0 saturated carbocycles. The van der Waals surface area contributed by atoms with E-state index in [1.807, 2.05) is 0 Å². The molecule has 0 amide bonds. The predicted molar refractivity (Wildman–Crippen MR) is 79.6 cm³/mol. The average Bonchev–Trinajstić information content (AvgIpc) is 2.85. The lowest BCUT2D eigenvalue weighted by Crippen LogP contribution is -2.62. The van der Waals surface area contributed by atoms with E-state index in [9.17, 15) is 35.2 Å². The summed E-state index contributed by atoms with van der Waals surface area (Å²) in [5.41, 5.74) is 0. The smallest absolute Gasteiger partial charge is 0.394 e. The lowest BCUT2D eigenvalue weighted by Gasteiger charge is -2.43. The Morgan fingerprint density at radius 2 is 1.56 bits per heavy atom. The minimum Gasteiger partial charge on any atom is -0.394 e. The maximum atomic E-state index is 10.8. The van der Waals surface area contributed by atoms with Crippen molar-refractivity contribution in [1.29, 1.82) is 0 Å². The molecule has 14 nitrogen and oxygen atoms in total. The van der Waals surface area contributed by atoms with Gasteiger partial charge in [-0.25, -0.2) is 4.57 Å². The van der Waals surface area contributed by atoms with Gasteiger partial charge in [0.15, 0.2) is 6.29 Å². The Hall–Kier alpha value is -0.290. The quantitative estimate of drug-likeness (QED) is 0.174. The fourth-order valence-electron chi connectivity index (χ4n) is 2.79. The molecule has 0 bridgehead atoms. The molecule has 9 N–H and O–H groups in total. The summed E-state index contributed by atoms with van der Waals surface area (Å²) >= 11 is 0. The maximum Gasteiger partial charge on any atom is 0.469 e. The van der Waals surface area contributed by atoms with E-state index in [1.165, 1.54) is 0 Å². The van der Waals surface area contributed by atoms with E-state index in [4.69, 9.17) is 29.1 Å². The minimum absolute atomic E-state index is 0.762. The van der Waals surface area contributed by atoms with Crippen molar-refractivity contribution >= 4 is 7.82 Å². The Morgan fingerprint density at radius 1 is 0.926 bits per heavy atom. The molecule has 9 atom stereocenters. The van der Waals surface area contributed by atoms with Gasteiger partial charge in [-0.3, -0.25) is 4.52 Å². The van der Waals surface area contributed by atoms with Gasteiger partial charge in [-0.05, 0) is 0 Å². The first-order valence-corrected chi connectivity index (χ1v) is 9.32. The third-order valence-electron chi connectivity index (χ3n) is 4.30. The third-order valence-corrected chi connectivity index (χ3v) is 4.78. The van der Waals surface area contributed by atoms with Crippen LogP contribution in [-0.2, 0) is 23.3 Å². The van der Waals surface area contributed by atoms with E-state index in [1.54, 1.807) is 0 Å². The van der Waals surface area contributed by atoms with Crippen LogP contribution < -0.4 is 0 Å². The highest BCUT2D eigenvalue weighted by Crippen LogP contribution is 2.40. The van der Waals surface area contributed by atoms with Crippen LogP contribution in [0.25, 0.3) is 0 Å². The highest BCUT2D eigenvalue weighted by molar-refractivity contribution is 7.46. The van der Waals surface area contributed by atoms with Crippen molar-refractivity contribution < 1.29 is 68.8 Å². The molecule has 2 saturated heterocycles. The van der Waals surface area contributed by atoms with Crippen LogP contribution in [0.3, 0.4) is 0 Å². The number of phosphoric ester groups is 1. The summed E-state index contributed by atoms with van der Waals surface area (Å²) < 4.78 is 30.4. The SMILES string of the molecule is O=P(O)(O)OC[C@H]1O[C@@](CO)(O[C@H]2O[C@H](CO)[C@@H](O)[C@H](O)[C@H]2O)[C@@H](O)[C@@H]1O. The monoisotopic (exact) mass is 422 g/mol. The largest absolute Gasteiger partial charge is 0.469 e. The number of aliphatic hydroxyl groups excluding tert-OH is 7. The molecule has 0 aliphatic carbocycles. The molecule has 0 radical (unpaired) electrons. The van der Waals surface area contributed by atoms with Gasteiger partial charge in [0, 0.05) is 0 Å². The van der Waals surface area contributed by atoms with Gasteiger partial charge in [-0.2, -0.15) is 0 Å². The molecule has 2 aliphatic heterocycles. The van der Waals surface area contributed by atoms with Gasteiger partial charge >= 0.3 is 7.82 Å². The molecule has 2 rings (SSSR count). The molecular weight excluding hydrogens is 399 g/mol.